The summed E-state index contributed by atoms with van der Waals surface area (Å²) in [4.78, 5) is 25.3. The van der Waals surface area contributed by atoms with Crippen LogP contribution in [0.15, 0.2) is 22.7 Å². The predicted octanol–water partition coefficient (Wildman–Crippen LogP) is 3.83. The van der Waals surface area contributed by atoms with E-state index in [4.69, 9.17) is 11.6 Å². The molecule has 8 heteroatoms. The van der Waals surface area contributed by atoms with E-state index < -0.39 is 11.6 Å². The van der Waals surface area contributed by atoms with Crippen LogP contribution in [0.25, 0.3) is 0 Å². The maximum atomic E-state index is 12.7. The molecule has 0 aliphatic carbocycles. The molecule has 2 amide bonds. The Kier molecular flexibility index (Phi) is 5.65. The van der Waals surface area contributed by atoms with E-state index in [1.165, 1.54) is 0 Å². The number of rotatable bonds is 3. The molecule has 1 saturated heterocycles. The molecule has 0 atom stereocenters. The third-order valence-corrected chi connectivity index (χ3v) is 4.71. The summed E-state index contributed by atoms with van der Waals surface area (Å²) in [5, 5.41) is 13.5. The van der Waals surface area contributed by atoms with E-state index in [0.717, 1.165) is 21.5 Å². The van der Waals surface area contributed by atoms with Gasteiger partial charge in [0.2, 0.25) is 0 Å². The van der Waals surface area contributed by atoms with Crippen molar-refractivity contribution in [1.29, 1.82) is 0 Å². The lowest BCUT2D eigenvalue weighted by Gasteiger charge is -2.36. The molecule has 0 saturated carbocycles. The van der Waals surface area contributed by atoms with E-state index in [-0.39, 0.29) is 12.5 Å². The molecule has 1 fully saturated rings. The van der Waals surface area contributed by atoms with Crippen LogP contribution in [0.1, 0.15) is 27.2 Å². The van der Waals surface area contributed by atoms with Crippen molar-refractivity contribution >= 4 is 45.2 Å². The van der Waals surface area contributed by atoms with Crippen LogP contribution in [0.3, 0.4) is 0 Å². The number of carbonyl (C=O) groups is 2. The standard InChI is InChI=1S/C16H21BrClN3O3/c1-16(2,3)19(15(23)24)10-14(22)21-8-4-7-20(21)13-6-5-11(18)9-12(13)17/h5-6,9H,4,7-8,10H2,1-3H3,(H,23,24). The number of hydrazine groups is 1. The number of halogens is 2. The average molecular weight is 419 g/mol. The highest BCUT2D eigenvalue weighted by molar-refractivity contribution is 9.10. The molecule has 2 rings (SSSR count). The molecule has 0 spiro atoms. The molecule has 0 unspecified atom stereocenters. The summed E-state index contributed by atoms with van der Waals surface area (Å²) in [5.41, 5.74) is 0.190. The van der Waals surface area contributed by atoms with Gasteiger partial charge < -0.3 is 5.11 Å². The Labute approximate surface area is 155 Å². The molecule has 0 aromatic heterocycles. The lowest BCUT2D eigenvalue weighted by molar-refractivity contribution is -0.132. The summed E-state index contributed by atoms with van der Waals surface area (Å²) in [6, 6.07) is 5.38. The number of carbonyl (C=O) groups excluding carboxylic acids is 1. The van der Waals surface area contributed by atoms with Crippen molar-refractivity contribution in [1.82, 2.24) is 9.91 Å². The Balaban J connectivity index is 2.20. The van der Waals surface area contributed by atoms with Crippen LogP contribution in [0.5, 0.6) is 0 Å². The monoisotopic (exact) mass is 417 g/mol. The lowest BCUT2D eigenvalue weighted by atomic mass is 10.1. The third-order valence-electron chi connectivity index (χ3n) is 3.84. The smallest absolute Gasteiger partial charge is 0.408 e. The van der Waals surface area contributed by atoms with E-state index >= 15 is 0 Å². The van der Waals surface area contributed by atoms with Gasteiger partial charge in [-0.1, -0.05) is 11.6 Å². The second-order valence-corrected chi connectivity index (χ2v) is 7.92. The Morgan fingerprint density at radius 3 is 2.54 bits per heavy atom. The average Bonchev–Trinajstić information content (AvgIpc) is 2.92. The van der Waals surface area contributed by atoms with Crippen LogP contribution in [0.4, 0.5) is 10.5 Å². The maximum absolute atomic E-state index is 12.7. The molecule has 1 aliphatic rings. The molecule has 1 aliphatic heterocycles. The van der Waals surface area contributed by atoms with Gasteiger partial charge in [-0.05, 0) is 61.3 Å². The molecule has 24 heavy (non-hydrogen) atoms. The van der Waals surface area contributed by atoms with E-state index in [1.54, 1.807) is 37.9 Å². The quantitative estimate of drug-likeness (QED) is 0.810. The number of benzene rings is 1. The number of nitrogens with zero attached hydrogens (tertiary/aromatic N) is 3. The van der Waals surface area contributed by atoms with Crippen molar-refractivity contribution in [2.75, 3.05) is 24.6 Å². The Morgan fingerprint density at radius 2 is 2.00 bits per heavy atom. The van der Waals surface area contributed by atoms with Gasteiger partial charge in [0.15, 0.2) is 0 Å². The first kappa shape index (κ1) is 18.9. The molecular formula is C16H21BrClN3O3. The van der Waals surface area contributed by atoms with Crippen LogP contribution in [-0.4, -0.2) is 52.2 Å². The molecule has 132 valence electrons. The third kappa shape index (κ3) is 4.13. The van der Waals surface area contributed by atoms with Crippen LogP contribution < -0.4 is 5.01 Å². The van der Waals surface area contributed by atoms with Gasteiger partial charge in [0.05, 0.1) is 5.69 Å². The molecule has 1 aromatic carbocycles. The van der Waals surface area contributed by atoms with Crippen LogP contribution >= 0.6 is 27.5 Å². The van der Waals surface area contributed by atoms with Crippen LogP contribution in [0, 0.1) is 0 Å². The highest BCUT2D eigenvalue weighted by atomic mass is 79.9. The summed E-state index contributed by atoms with van der Waals surface area (Å²) >= 11 is 9.45. The summed E-state index contributed by atoms with van der Waals surface area (Å²) in [5.74, 6) is -0.244. The van der Waals surface area contributed by atoms with Gasteiger partial charge in [-0.2, -0.15) is 0 Å². The molecule has 6 nitrogen and oxygen atoms in total. The normalized spacial score (nSPS) is 14.9. The van der Waals surface area contributed by atoms with Crippen molar-refractivity contribution in [3.8, 4) is 0 Å². The minimum Gasteiger partial charge on any atom is -0.465 e. The van der Waals surface area contributed by atoms with Gasteiger partial charge in [-0.25, -0.2) is 4.79 Å². The minimum absolute atomic E-state index is 0.180. The van der Waals surface area contributed by atoms with Gasteiger partial charge in [-0.15, -0.1) is 0 Å². The van der Waals surface area contributed by atoms with Gasteiger partial charge >= 0.3 is 6.09 Å². The van der Waals surface area contributed by atoms with E-state index in [1.807, 2.05) is 11.1 Å². The van der Waals surface area contributed by atoms with Crippen molar-refractivity contribution in [2.24, 2.45) is 0 Å². The summed E-state index contributed by atoms with van der Waals surface area (Å²) in [7, 11) is 0. The van der Waals surface area contributed by atoms with E-state index in [0.29, 0.717) is 18.1 Å². The highest BCUT2D eigenvalue weighted by Gasteiger charge is 2.34. The highest BCUT2D eigenvalue weighted by Crippen LogP contribution is 2.32. The molecule has 1 aromatic rings. The minimum atomic E-state index is -1.10. The zero-order valence-electron chi connectivity index (χ0n) is 13.9. The molecule has 1 N–H and O–H groups in total. The number of anilines is 1. The van der Waals surface area contributed by atoms with Crippen molar-refractivity contribution in [3.63, 3.8) is 0 Å². The van der Waals surface area contributed by atoms with Crippen molar-refractivity contribution < 1.29 is 14.7 Å². The van der Waals surface area contributed by atoms with E-state index in [9.17, 15) is 14.7 Å². The predicted molar refractivity (Wildman–Crippen MR) is 97.3 cm³/mol. The number of hydrogen-bond acceptors (Lipinski definition) is 3. The maximum Gasteiger partial charge on any atom is 0.408 e. The van der Waals surface area contributed by atoms with Gasteiger partial charge in [0.25, 0.3) is 5.91 Å². The molecule has 0 bridgehead atoms. The van der Waals surface area contributed by atoms with Gasteiger partial charge in [0.1, 0.15) is 6.54 Å². The Morgan fingerprint density at radius 1 is 1.33 bits per heavy atom. The zero-order chi connectivity index (χ0) is 18.1. The molecule has 0 radical (unpaired) electrons. The van der Waals surface area contributed by atoms with E-state index in [2.05, 4.69) is 15.9 Å². The zero-order valence-corrected chi connectivity index (χ0v) is 16.3. The lowest BCUT2D eigenvalue weighted by Crippen LogP contribution is -2.52. The summed E-state index contributed by atoms with van der Waals surface area (Å²) < 4.78 is 0.792. The fourth-order valence-electron chi connectivity index (χ4n) is 2.62. The first-order chi connectivity index (χ1) is 11.1. The van der Waals surface area contributed by atoms with Crippen molar-refractivity contribution in [3.05, 3.63) is 27.7 Å². The molecular weight excluding hydrogens is 398 g/mol. The summed E-state index contributed by atoms with van der Waals surface area (Å²) in [6.07, 6.45) is -0.280. The van der Waals surface area contributed by atoms with Crippen LogP contribution in [0.2, 0.25) is 5.02 Å². The first-order valence-corrected chi connectivity index (χ1v) is 8.82. The number of hydrogen-bond donors (Lipinski definition) is 1. The number of amides is 2. The summed E-state index contributed by atoms with van der Waals surface area (Å²) in [6.45, 7) is 6.38. The SMILES string of the molecule is CC(C)(C)N(CC(=O)N1CCCN1c1ccc(Cl)cc1Br)C(=O)O. The van der Waals surface area contributed by atoms with Crippen LogP contribution in [-0.2, 0) is 4.79 Å². The largest absolute Gasteiger partial charge is 0.465 e. The first-order valence-electron chi connectivity index (χ1n) is 7.64. The molecule has 1 heterocycles. The second-order valence-electron chi connectivity index (χ2n) is 6.63. The number of carboxylic acid groups (broad SMARTS) is 1. The topological polar surface area (TPSA) is 64.1 Å². The fraction of sp³-hybridized carbons (Fsp3) is 0.500. The Hall–Kier alpha value is -1.47. The Bertz CT molecular complexity index is 648. The van der Waals surface area contributed by atoms with Gasteiger partial charge in [0, 0.05) is 28.1 Å². The second kappa shape index (κ2) is 7.19. The fourth-order valence-corrected chi connectivity index (χ4v) is 3.51. The van der Waals surface area contributed by atoms with Crippen molar-refractivity contribution in [2.45, 2.75) is 32.7 Å². The van der Waals surface area contributed by atoms with Gasteiger partial charge in [-0.3, -0.25) is 19.7 Å².